The van der Waals surface area contributed by atoms with Crippen LogP contribution >= 0.6 is 0 Å². The highest BCUT2D eigenvalue weighted by Gasteiger charge is 2.47. The Morgan fingerprint density at radius 1 is 1.04 bits per heavy atom. The molecule has 2 N–H and O–H groups in total. The van der Waals surface area contributed by atoms with Gasteiger partial charge in [-0.3, -0.25) is 9.69 Å². The van der Waals surface area contributed by atoms with E-state index in [1.807, 2.05) is 0 Å². The summed E-state index contributed by atoms with van der Waals surface area (Å²) in [7, 11) is 0. The molecule has 4 rings (SSSR count). The maximum atomic E-state index is 13.0. The number of carbonyl (C=O) groups excluding carboxylic acids is 2. The van der Waals surface area contributed by atoms with Gasteiger partial charge in [0.2, 0.25) is 0 Å². The van der Waals surface area contributed by atoms with E-state index in [1.165, 1.54) is 41.3 Å². The van der Waals surface area contributed by atoms with E-state index in [0.717, 1.165) is 10.5 Å². The van der Waals surface area contributed by atoms with Crippen molar-refractivity contribution in [3.8, 4) is 11.5 Å². The highest BCUT2D eigenvalue weighted by molar-refractivity contribution is 6.04. The summed E-state index contributed by atoms with van der Waals surface area (Å²) in [6.07, 6.45) is 0.285. The van der Waals surface area contributed by atoms with Gasteiger partial charge in [0.15, 0.2) is 11.5 Å². The third-order valence-electron chi connectivity index (χ3n) is 4.71. The highest BCUT2D eigenvalue weighted by Crippen LogP contribution is 2.36. The minimum absolute atomic E-state index is 0.0811. The van der Waals surface area contributed by atoms with Gasteiger partial charge in [0, 0.05) is 13.0 Å². The molecule has 2 aliphatic heterocycles. The van der Waals surface area contributed by atoms with Crippen molar-refractivity contribution in [2.45, 2.75) is 25.6 Å². The lowest BCUT2D eigenvalue weighted by Crippen LogP contribution is -2.40. The van der Waals surface area contributed by atoms with Gasteiger partial charge in [0.1, 0.15) is 11.9 Å². The van der Waals surface area contributed by atoms with E-state index in [2.05, 4.69) is 0 Å². The number of fused-ring (bicyclic) bond motifs is 2. The zero-order valence-electron chi connectivity index (χ0n) is 13.1. The van der Waals surface area contributed by atoms with Gasteiger partial charge in [-0.15, -0.1) is 0 Å². The normalized spacial score (nSPS) is 19.2. The fraction of sp³-hybridized carbons (Fsp3) is 0.222. The molecule has 1 fully saturated rings. The third kappa shape index (κ3) is 2.48. The van der Waals surface area contributed by atoms with E-state index in [4.69, 9.17) is 0 Å². The van der Waals surface area contributed by atoms with Crippen molar-refractivity contribution in [2.75, 3.05) is 0 Å². The van der Waals surface area contributed by atoms with Crippen LogP contribution in [0.25, 0.3) is 0 Å². The van der Waals surface area contributed by atoms with Crippen LogP contribution in [0.2, 0.25) is 0 Å². The second-order valence-electron chi connectivity index (χ2n) is 6.29. The maximum absolute atomic E-state index is 13.0. The van der Waals surface area contributed by atoms with Gasteiger partial charge in [0.25, 0.3) is 5.91 Å². The number of phenolic OH excluding ortho intramolecular Hbond substituents is 2. The molecule has 7 heteroatoms. The molecule has 2 aromatic rings. The number of nitrogens with zero attached hydrogens (tertiary/aromatic N) is 2. The van der Waals surface area contributed by atoms with Crippen LogP contribution in [0, 0.1) is 5.82 Å². The minimum Gasteiger partial charge on any atom is -0.504 e. The number of amides is 3. The number of imide groups is 1. The summed E-state index contributed by atoms with van der Waals surface area (Å²) in [5.74, 6) is -1.19. The molecule has 2 heterocycles. The van der Waals surface area contributed by atoms with E-state index >= 15 is 0 Å². The first-order chi connectivity index (χ1) is 11.9. The van der Waals surface area contributed by atoms with Crippen molar-refractivity contribution in [1.29, 1.82) is 0 Å². The summed E-state index contributed by atoms with van der Waals surface area (Å²) in [6.45, 7) is 0.274. The smallest absolute Gasteiger partial charge is 0.328 e. The molecule has 128 valence electrons. The van der Waals surface area contributed by atoms with Crippen LogP contribution in [0.1, 0.15) is 16.7 Å². The summed E-state index contributed by atoms with van der Waals surface area (Å²) in [4.78, 5) is 27.9. The summed E-state index contributed by atoms with van der Waals surface area (Å²) in [5.41, 5.74) is 2.11. The van der Waals surface area contributed by atoms with Gasteiger partial charge >= 0.3 is 6.03 Å². The Morgan fingerprint density at radius 3 is 2.36 bits per heavy atom. The van der Waals surface area contributed by atoms with Crippen molar-refractivity contribution in [3.63, 3.8) is 0 Å². The van der Waals surface area contributed by atoms with Gasteiger partial charge in [-0.25, -0.2) is 9.18 Å². The van der Waals surface area contributed by atoms with Crippen molar-refractivity contribution >= 4 is 11.9 Å². The summed E-state index contributed by atoms with van der Waals surface area (Å²) in [6, 6.07) is 7.48. The zero-order valence-corrected chi connectivity index (χ0v) is 13.1. The number of benzene rings is 2. The molecule has 1 atom stereocenters. The first-order valence-corrected chi connectivity index (χ1v) is 7.84. The summed E-state index contributed by atoms with van der Waals surface area (Å²) >= 11 is 0. The van der Waals surface area contributed by atoms with Crippen molar-refractivity contribution in [1.82, 2.24) is 9.80 Å². The van der Waals surface area contributed by atoms with E-state index in [-0.39, 0.29) is 42.7 Å². The van der Waals surface area contributed by atoms with Crippen molar-refractivity contribution in [3.05, 3.63) is 58.9 Å². The maximum Gasteiger partial charge on any atom is 0.328 e. The van der Waals surface area contributed by atoms with Crippen molar-refractivity contribution in [2.24, 2.45) is 0 Å². The van der Waals surface area contributed by atoms with Gasteiger partial charge in [-0.05, 0) is 41.0 Å². The molecule has 25 heavy (non-hydrogen) atoms. The molecule has 6 nitrogen and oxygen atoms in total. The van der Waals surface area contributed by atoms with Crippen LogP contribution in [0.3, 0.4) is 0 Å². The minimum atomic E-state index is -0.621. The predicted molar refractivity (Wildman–Crippen MR) is 85.2 cm³/mol. The number of carbonyl (C=O) groups is 2. The zero-order chi connectivity index (χ0) is 17.7. The van der Waals surface area contributed by atoms with Crippen LogP contribution in [-0.4, -0.2) is 38.0 Å². The molecule has 3 amide bonds. The molecular formula is C18H15FN2O4. The van der Waals surface area contributed by atoms with Crippen LogP contribution in [0.4, 0.5) is 9.18 Å². The molecule has 0 bridgehead atoms. The second-order valence-corrected chi connectivity index (χ2v) is 6.29. The standard InChI is InChI=1S/C18H15FN2O4/c19-13-3-1-10(2-4-13)8-21-17(24)14-5-11-6-15(22)16(23)7-12(11)9-20(14)18(21)25/h1-4,6-7,14,22-23H,5,8-9H2/t14-/m0/s1. The molecule has 0 aliphatic carbocycles. The topological polar surface area (TPSA) is 81.1 Å². The van der Waals surface area contributed by atoms with Crippen LogP contribution in [0.5, 0.6) is 11.5 Å². The first-order valence-electron chi connectivity index (χ1n) is 7.84. The van der Waals surface area contributed by atoms with E-state index < -0.39 is 12.1 Å². The Kier molecular flexibility index (Phi) is 3.38. The Balaban J connectivity index is 1.61. The molecule has 0 aromatic heterocycles. The molecule has 2 aromatic carbocycles. The van der Waals surface area contributed by atoms with Gasteiger partial charge in [-0.2, -0.15) is 0 Å². The van der Waals surface area contributed by atoms with Crippen LogP contribution in [-0.2, 0) is 24.3 Å². The van der Waals surface area contributed by atoms with Crippen molar-refractivity contribution < 1.29 is 24.2 Å². The average Bonchev–Trinajstić information content (AvgIpc) is 2.81. The average molecular weight is 342 g/mol. The lowest BCUT2D eigenvalue weighted by molar-refractivity contribution is -0.128. The van der Waals surface area contributed by atoms with E-state index in [0.29, 0.717) is 11.1 Å². The number of urea groups is 1. The summed E-state index contributed by atoms with van der Waals surface area (Å²) in [5, 5.41) is 19.3. The number of rotatable bonds is 2. The van der Waals surface area contributed by atoms with E-state index in [1.54, 1.807) is 0 Å². The molecule has 0 spiro atoms. The molecule has 1 saturated heterocycles. The first kappa shape index (κ1) is 15.4. The predicted octanol–water partition coefficient (Wildman–Crippen LogP) is 2.13. The number of phenols is 2. The van der Waals surface area contributed by atoms with Gasteiger partial charge in [0.05, 0.1) is 6.54 Å². The van der Waals surface area contributed by atoms with E-state index in [9.17, 15) is 24.2 Å². The quantitative estimate of drug-likeness (QED) is 0.647. The number of hydrogen-bond acceptors (Lipinski definition) is 4. The molecule has 0 radical (unpaired) electrons. The molecular weight excluding hydrogens is 327 g/mol. The van der Waals surface area contributed by atoms with Gasteiger partial charge < -0.3 is 15.1 Å². The van der Waals surface area contributed by atoms with Gasteiger partial charge in [-0.1, -0.05) is 12.1 Å². The SMILES string of the molecule is O=C1[C@@H]2Cc3cc(O)c(O)cc3CN2C(=O)N1Cc1ccc(F)cc1. The lowest BCUT2D eigenvalue weighted by atomic mass is 9.94. The van der Waals surface area contributed by atoms with Crippen LogP contribution < -0.4 is 0 Å². The Morgan fingerprint density at radius 2 is 1.68 bits per heavy atom. The number of aromatic hydroxyl groups is 2. The molecule has 0 unspecified atom stereocenters. The number of hydrogen-bond donors (Lipinski definition) is 2. The third-order valence-corrected chi connectivity index (χ3v) is 4.71. The Labute approximate surface area is 142 Å². The molecule has 0 saturated carbocycles. The monoisotopic (exact) mass is 342 g/mol. The lowest BCUT2D eigenvalue weighted by Gasteiger charge is -2.29. The fourth-order valence-corrected chi connectivity index (χ4v) is 3.38. The fourth-order valence-electron chi connectivity index (χ4n) is 3.38. The Bertz CT molecular complexity index is 832. The summed E-state index contributed by atoms with van der Waals surface area (Å²) < 4.78 is 13.0. The number of halogens is 1. The highest BCUT2D eigenvalue weighted by atomic mass is 19.1. The largest absolute Gasteiger partial charge is 0.504 e. The second kappa shape index (κ2) is 5.47. The Hall–Kier alpha value is -3.09. The van der Waals surface area contributed by atoms with Crippen LogP contribution in [0.15, 0.2) is 36.4 Å². The molecule has 2 aliphatic rings.